The number of hydrogen-bond acceptors (Lipinski definition) is 2. The van der Waals surface area contributed by atoms with Crippen molar-refractivity contribution in [2.45, 2.75) is 32.7 Å². The Morgan fingerprint density at radius 1 is 1.44 bits per heavy atom. The van der Waals surface area contributed by atoms with Gasteiger partial charge in [-0.2, -0.15) is 0 Å². The standard InChI is InChI=1S/C13H17NO2/c1-8-6-9(2)10-4-5-11(13(15)16)14(3)12(10)7-8/h6-7,11H,4-5H2,1-3H3,(H,15,16). The topological polar surface area (TPSA) is 40.5 Å². The summed E-state index contributed by atoms with van der Waals surface area (Å²) in [7, 11) is 1.87. The van der Waals surface area contributed by atoms with Crippen LogP contribution in [0, 0.1) is 13.8 Å². The van der Waals surface area contributed by atoms with Crippen molar-refractivity contribution in [1.82, 2.24) is 0 Å². The average Bonchev–Trinajstić information content (AvgIpc) is 2.19. The second kappa shape index (κ2) is 3.81. The molecule has 86 valence electrons. The Kier molecular flexibility index (Phi) is 2.62. The first-order chi connectivity index (χ1) is 7.50. The van der Waals surface area contributed by atoms with Gasteiger partial charge in [0.1, 0.15) is 6.04 Å². The van der Waals surface area contributed by atoms with Gasteiger partial charge in [-0.15, -0.1) is 0 Å². The predicted molar refractivity (Wildman–Crippen MR) is 64.1 cm³/mol. The van der Waals surface area contributed by atoms with E-state index in [-0.39, 0.29) is 6.04 Å². The minimum atomic E-state index is -0.729. The maximum absolute atomic E-state index is 11.1. The monoisotopic (exact) mass is 219 g/mol. The fourth-order valence-corrected chi connectivity index (χ4v) is 2.55. The highest BCUT2D eigenvalue weighted by atomic mass is 16.4. The third-order valence-electron chi connectivity index (χ3n) is 3.39. The summed E-state index contributed by atoms with van der Waals surface area (Å²) in [5.41, 5.74) is 4.83. The van der Waals surface area contributed by atoms with E-state index in [9.17, 15) is 4.79 Å². The van der Waals surface area contributed by atoms with Crippen LogP contribution in [0.2, 0.25) is 0 Å². The van der Waals surface area contributed by atoms with Crippen LogP contribution in [0.4, 0.5) is 5.69 Å². The zero-order valence-corrected chi connectivity index (χ0v) is 9.95. The van der Waals surface area contributed by atoms with Gasteiger partial charge in [0.25, 0.3) is 0 Å². The molecular weight excluding hydrogens is 202 g/mol. The number of carboxylic acids is 1. The number of carboxylic acid groups (broad SMARTS) is 1. The van der Waals surface area contributed by atoms with Crippen LogP contribution < -0.4 is 4.90 Å². The fraction of sp³-hybridized carbons (Fsp3) is 0.462. The van der Waals surface area contributed by atoms with E-state index in [1.807, 2.05) is 18.9 Å². The van der Waals surface area contributed by atoms with Crippen molar-refractivity contribution in [3.8, 4) is 0 Å². The molecule has 0 aromatic heterocycles. The first-order valence-electron chi connectivity index (χ1n) is 5.56. The molecule has 0 fully saturated rings. The molecule has 0 amide bonds. The van der Waals surface area contributed by atoms with Crippen LogP contribution in [0.25, 0.3) is 0 Å². The van der Waals surface area contributed by atoms with Crippen LogP contribution >= 0.6 is 0 Å². The molecule has 0 spiro atoms. The fourth-order valence-electron chi connectivity index (χ4n) is 2.55. The summed E-state index contributed by atoms with van der Waals surface area (Å²) in [5.74, 6) is -0.729. The summed E-state index contributed by atoms with van der Waals surface area (Å²) in [6, 6.07) is 3.86. The van der Waals surface area contributed by atoms with Crippen molar-refractivity contribution in [1.29, 1.82) is 0 Å². The van der Waals surface area contributed by atoms with E-state index < -0.39 is 5.97 Å². The lowest BCUT2D eigenvalue weighted by molar-refractivity contribution is -0.138. The van der Waals surface area contributed by atoms with Crippen molar-refractivity contribution in [3.05, 3.63) is 28.8 Å². The normalized spacial score (nSPS) is 19.4. The number of hydrogen-bond donors (Lipinski definition) is 1. The Morgan fingerprint density at radius 3 is 2.75 bits per heavy atom. The largest absolute Gasteiger partial charge is 0.480 e. The summed E-state index contributed by atoms with van der Waals surface area (Å²) < 4.78 is 0. The molecule has 0 bridgehead atoms. The van der Waals surface area contributed by atoms with Crippen molar-refractivity contribution < 1.29 is 9.90 Å². The molecule has 2 rings (SSSR count). The number of fused-ring (bicyclic) bond motifs is 1. The molecule has 1 heterocycles. The Bertz CT molecular complexity index is 440. The van der Waals surface area contributed by atoms with Crippen molar-refractivity contribution >= 4 is 11.7 Å². The number of benzene rings is 1. The highest BCUT2D eigenvalue weighted by Gasteiger charge is 2.29. The average molecular weight is 219 g/mol. The van der Waals surface area contributed by atoms with Crippen LogP contribution in [0.15, 0.2) is 12.1 Å². The predicted octanol–water partition coefficient (Wildman–Crippen LogP) is 2.14. The molecule has 1 aliphatic heterocycles. The van der Waals surface area contributed by atoms with E-state index in [0.29, 0.717) is 6.42 Å². The minimum Gasteiger partial charge on any atom is -0.480 e. The number of likely N-dealkylation sites (N-methyl/N-ethyl adjacent to an activating group) is 1. The van der Waals surface area contributed by atoms with Gasteiger partial charge in [0, 0.05) is 12.7 Å². The smallest absolute Gasteiger partial charge is 0.326 e. The summed E-state index contributed by atoms with van der Waals surface area (Å²) in [4.78, 5) is 13.0. The van der Waals surface area contributed by atoms with Gasteiger partial charge >= 0.3 is 5.97 Å². The molecule has 0 radical (unpaired) electrons. The molecular formula is C13H17NO2. The summed E-state index contributed by atoms with van der Waals surface area (Å²) >= 11 is 0. The number of aliphatic carboxylic acids is 1. The second-order valence-corrected chi connectivity index (χ2v) is 4.58. The van der Waals surface area contributed by atoms with E-state index in [2.05, 4.69) is 19.1 Å². The van der Waals surface area contributed by atoms with Crippen molar-refractivity contribution in [3.63, 3.8) is 0 Å². The highest BCUT2D eigenvalue weighted by Crippen LogP contribution is 2.32. The first-order valence-corrected chi connectivity index (χ1v) is 5.56. The molecule has 0 saturated carbocycles. The van der Waals surface area contributed by atoms with Gasteiger partial charge in [0.2, 0.25) is 0 Å². The molecule has 1 aliphatic rings. The minimum absolute atomic E-state index is 0.381. The van der Waals surface area contributed by atoms with E-state index in [1.54, 1.807) is 0 Å². The lowest BCUT2D eigenvalue weighted by Gasteiger charge is -2.34. The van der Waals surface area contributed by atoms with Gasteiger partial charge < -0.3 is 10.0 Å². The Labute approximate surface area is 95.7 Å². The third kappa shape index (κ3) is 1.66. The molecule has 1 atom stereocenters. The van der Waals surface area contributed by atoms with E-state index in [4.69, 9.17) is 5.11 Å². The van der Waals surface area contributed by atoms with Gasteiger partial charge in [-0.3, -0.25) is 0 Å². The molecule has 3 nitrogen and oxygen atoms in total. The number of aryl methyl sites for hydroxylation is 2. The highest BCUT2D eigenvalue weighted by molar-refractivity contribution is 5.80. The lowest BCUT2D eigenvalue weighted by Crippen LogP contribution is -2.42. The maximum Gasteiger partial charge on any atom is 0.326 e. The van der Waals surface area contributed by atoms with Crippen LogP contribution in [-0.4, -0.2) is 24.2 Å². The van der Waals surface area contributed by atoms with Gasteiger partial charge in [-0.1, -0.05) is 6.07 Å². The van der Waals surface area contributed by atoms with Gasteiger partial charge in [0.05, 0.1) is 0 Å². The molecule has 3 heteroatoms. The number of nitrogens with zero attached hydrogens (tertiary/aromatic N) is 1. The molecule has 1 aromatic carbocycles. The summed E-state index contributed by atoms with van der Waals surface area (Å²) in [5, 5.41) is 9.13. The molecule has 1 N–H and O–H groups in total. The molecule has 0 saturated heterocycles. The van der Waals surface area contributed by atoms with Crippen molar-refractivity contribution in [2.24, 2.45) is 0 Å². The van der Waals surface area contributed by atoms with Gasteiger partial charge in [-0.25, -0.2) is 4.79 Å². The molecule has 0 aliphatic carbocycles. The zero-order valence-electron chi connectivity index (χ0n) is 9.95. The molecule has 16 heavy (non-hydrogen) atoms. The van der Waals surface area contributed by atoms with Crippen LogP contribution in [0.5, 0.6) is 0 Å². The second-order valence-electron chi connectivity index (χ2n) is 4.58. The third-order valence-corrected chi connectivity index (χ3v) is 3.39. The SMILES string of the molecule is Cc1cc(C)c2c(c1)N(C)C(C(=O)O)CC2. The van der Waals surface area contributed by atoms with E-state index >= 15 is 0 Å². The number of rotatable bonds is 1. The Hall–Kier alpha value is -1.51. The molecule has 1 unspecified atom stereocenters. The number of anilines is 1. The lowest BCUT2D eigenvalue weighted by atomic mass is 9.91. The van der Waals surface area contributed by atoms with Crippen molar-refractivity contribution in [2.75, 3.05) is 11.9 Å². The van der Waals surface area contributed by atoms with Gasteiger partial charge in [-0.05, 0) is 49.4 Å². The molecule has 1 aromatic rings. The van der Waals surface area contributed by atoms with Crippen LogP contribution in [-0.2, 0) is 11.2 Å². The van der Waals surface area contributed by atoms with Gasteiger partial charge in [0.15, 0.2) is 0 Å². The number of carbonyl (C=O) groups is 1. The van der Waals surface area contributed by atoms with E-state index in [1.165, 1.54) is 16.7 Å². The van der Waals surface area contributed by atoms with Crippen LogP contribution in [0.3, 0.4) is 0 Å². The maximum atomic E-state index is 11.1. The first kappa shape index (κ1) is 11.0. The Morgan fingerprint density at radius 2 is 2.12 bits per heavy atom. The zero-order chi connectivity index (χ0) is 11.9. The summed E-state index contributed by atoms with van der Waals surface area (Å²) in [6.45, 7) is 4.15. The Balaban J connectivity index is 2.48. The summed E-state index contributed by atoms with van der Waals surface area (Å²) in [6.07, 6.45) is 1.56. The van der Waals surface area contributed by atoms with Crippen LogP contribution in [0.1, 0.15) is 23.1 Å². The van der Waals surface area contributed by atoms with E-state index in [0.717, 1.165) is 12.1 Å². The quantitative estimate of drug-likeness (QED) is 0.786.